The minimum Gasteiger partial charge on any atom is -0.129 e. The van der Waals surface area contributed by atoms with E-state index in [-0.39, 0.29) is 0 Å². The summed E-state index contributed by atoms with van der Waals surface area (Å²) in [7, 11) is 0. The molecule has 0 saturated carbocycles. The van der Waals surface area contributed by atoms with E-state index in [1.165, 1.54) is 0 Å². The molecule has 0 aliphatic rings. The molecule has 0 aliphatic heterocycles. The molecule has 0 spiro atoms. The summed E-state index contributed by atoms with van der Waals surface area (Å²) < 4.78 is 0. The molecule has 0 unspecified atom stereocenters. The van der Waals surface area contributed by atoms with Crippen LogP contribution in [0.5, 0.6) is 0 Å². The van der Waals surface area contributed by atoms with Gasteiger partial charge in [0.25, 0.3) is 0 Å². The van der Waals surface area contributed by atoms with Crippen LogP contribution >= 0.6 is 15.9 Å². The van der Waals surface area contributed by atoms with E-state index in [1.54, 1.807) is 0 Å². The zero-order chi connectivity index (χ0) is 4.99. The largest absolute Gasteiger partial charge is 0.129 e. The molecule has 0 aromatic heterocycles. The van der Waals surface area contributed by atoms with Crippen LogP contribution < -0.4 is 0 Å². The van der Waals surface area contributed by atoms with Gasteiger partial charge < -0.3 is 0 Å². The van der Waals surface area contributed by atoms with Crippen LogP contribution in [0.3, 0.4) is 0 Å². The second-order valence-electron chi connectivity index (χ2n) is 1.09. The average Bonchev–Trinajstić information content (AvgIpc) is 1.65. The second kappa shape index (κ2) is 3.20. The molecular formula is C5H7Br. The van der Waals surface area contributed by atoms with Crippen LogP contribution in [0.4, 0.5) is 0 Å². The molecule has 0 amide bonds. The number of hydrogen-bond donors (Lipinski definition) is 0. The van der Waals surface area contributed by atoms with E-state index < -0.39 is 0 Å². The first-order chi connectivity index (χ1) is 2.81. The molecule has 1 heteroatoms. The van der Waals surface area contributed by atoms with Crippen LogP contribution in [-0.4, -0.2) is 5.33 Å². The molecule has 0 saturated heterocycles. The fourth-order valence-corrected chi connectivity index (χ4v) is 0.245. The van der Waals surface area contributed by atoms with Crippen molar-refractivity contribution in [2.24, 2.45) is 0 Å². The summed E-state index contributed by atoms with van der Waals surface area (Å²) in [5, 5.41) is 0.885. The predicted octanol–water partition coefficient (Wildman–Crippen LogP) is 2.11. The van der Waals surface area contributed by atoms with Gasteiger partial charge in [0.1, 0.15) is 0 Å². The van der Waals surface area contributed by atoms with Gasteiger partial charge in [0.2, 0.25) is 0 Å². The third-order valence-corrected chi connectivity index (χ3v) is 1.34. The molecule has 0 aromatic rings. The summed E-state index contributed by atoms with van der Waals surface area (Å²) in [4.78, 5) is 0. The topological polar surface area (TPSA) is 0 Å². The van der Waals surface area contributed by atoms with Gasteiger partial charge in [0, 0.05) is 5.33 Å². The quantitative estimate of drug-likeness (QED) is 0.393. The van der Waals surface area contributed by atoms with Gasteiger partial charge in [0.05, 0.1) is 0 Å². The number of rotatable bonds is 1. The number of alkyl halides is 1. The van der Waals surface area contributed by atoms with E-state index in [9.17, 15) is 0 Å². The highest BCUT2D eigenvalue weighted by Crippen LogP contribution is 1.91. The fourth-order valence-electron chi connectivity index (χ4n) is 0.0472. The minimum atomic E-state index is 0.885. The van der Waals surface area contributed by atoms with E-state index >= 15 is 0 Å². The maximum absolute atomic E-state index is 3.44. The third kappa shape index (κ3) is 2.25. The standard InChI is InChI=1S/C5H7Br/c1-3-5(2)4-6/h1,4H2,2H3. The van der Waals surface area contributed by atoms with Crippen LogP contribution in [0.15, 0.2) is 17.9 Å². The lowest BCUT2D eigenvalue weighted by atomic mass is 10.4. The molecule has 0 radical (unpaired) electrons. The first-order valence-electron chi connectivity index (χ1n) is 1.72. The van der Waals surface area contributed by atoms with Crippen molar-refractivity contribution in [3.8, 4) is 0 Å². The molecule has 0 atom stereocenters. The fraction of sp³-hybridized carbons (Fsp3) is 0.400. The van der Waals surface area contributed by atoms with Crippen LogP contribution in [0.25, 0.3) is 0 Å². The maximum Gasteiger partial charge on any atom is 0.0314 e. The highest BCUT2D eigenvalue weighted by molar-refractivity contribution is 9.09. The second-order valence-corrected chi connectivity index (χ2v) is 1.65. The van der Waals surface area contributed by atoms with Gasteiger partial charge in [-0.2, -0.15) is 0 Å². The van der Waals surface area contributed by atoms with Crippen LogP contribution in [0.2, 0.25) is 0 Å². The van der Waals surface area contributed by atoms with Crippen molar-refractivity contribution < 1.29 is 0 Å². The Balaban J connectivity index is 3.52. The van der Waals surface area contributed by atoms with Crippen molar-refractivity contribution in [3.05, 3.63) is 17.9 Å². The van der Waals surface area contributed by atoms with E-state index in [4.69, 9.17) is 0 Å². The third-order valence-electron chi connectivity index (χ3n) is 0.502. The van der Waals surface area contributed by atoms with Gasteiger partial charge in [-0.05, 0) is 12.5 Å². The van der Waals surface area contributed by atoms with E-state index in [2.05, 4.69) is 28.2 Å². The first kappa shape index (κ1) is 6.00. The normalized spacial score (nSPS) is 7.00. The van der Waals surface area contributed by atoms with Crippen molar-refractivity contribution in [3.63, 3.8) is 0 Å². The predicted molar refractivity (Wildman–Crippen MR) is 32.1 cm³/mol. The Morgan fingerprint density at radius 1 is 2.00 bits per heavy atom. The lowest BCUT2D eigenvalue weighted by Crippen LogP contribution is -1.66. The number of halogens is 1. The maximum atomic E-state index is 3.44. The smallest absolute Gasteiger partial charge is 0.0314 e. The van der Waals surface area contributed by atoms with E-state index in [1.807, 2.05) is 6.92 Å². The van der Waals surface area contributed by atoms with E-state index in [0.717, 1.165) is 10.9 Å². The van der Waals surface area contributed by atoms with Gasteiger partial charge in [-0.15, -0.1) is 5.73 Å². The summed E-state index contributed by atoms with van der Waals surface area (Å²) in [6.45, 7) is 5.41. The Labute approximate surface area is 46.7 Å². The zero-order valence-electron chi connectivity index (χ0n) is 3.79. The minimum absolute atomic E-state index is 0.885. The van der Waals surface area contributed by atoms with Crippen LogP contribution in [0, 0.1) is 0 Å². The summed E-state index contributed by atoms with van der Waals surface area (Å²) in [5.41, 5.74) is 3.88. The Bertz CT molecular complexity index is 77.9. The SMILES string of the molecule is C=C=C(C)CBr. The molecule has 0 aromatic carbocycles. The molecule has 0 bridgehead atoms. The van der Waals surface area contributed by atoms with E-state index in [0.29, 0.717) is 0 Å². The Kier molecular flexibility index (Phi) is 3.20. The molecular weight excluding hydrogens is 140 g/mol. The number of allylic oxidation sites excluding steroid dienone is 1. The molecule has 0 N–H and O–H groups in total. The van der Waals surface area contributed by atoms with Crippen LogP contribution in [0.1, 0.15) is 6.92 Å². The van der Waals surface area contributed by atoms with Crippen molar-refractivity contribution in [2.45, 2.75) is 6.92 Å². The Hall–Kier alpha value is 0. The average molecular weight is 147 g/mol. The monoisotopic (exact) mass is 146 g/mol. The summed E-state index contributed by atoms with van der Waals surface area (Å²) in [6, 6.07) is 0. The summed E-state index contributed by atoms with van der Waals surface area (Å²) >= 11 is 3.24. The molecule has 6 heavy (non-hydrogen) atoms. The molecule has 0 fully saturated rings. The molecule has 0 nitrogen and oxygen atoms in total. The number of hydrogen-bond acceptors (Lipinski definition) is 0. The van der Waals surface area contributed by atoms with Crippen molar-refractivity contribution in [1.82, 2.24) is 0 Å². The van der Waals surface area contributed by atoms with Gasteiger partial charge >= 0.3 is 0 Å². The van der Waals surface area contributed by atoms with Crippen molar-refractivity contribution in [1.29, 1.82) is 0 Å². The zero-order valence-corrected chi connectivity index (χ0v) is 5.38. The molecule has 34 valence electrons. The highest BCUT2D eigenvalue weighted by atomic mass is 79.9. The first-order valence-corrected chi connectivity index (χ1v) is 2.85. The van der Waals surface area contributed by atoms with Crippen molar-refractivity contribution >= 4 is 15.9 Å². The van der Waals surface area contributed by atoms with Gasteiger partial charge in [-0.3, -0.25) is 0 Å². The Morgan fingerprint density at radius 3 is 2.50 bits per heavy atom. The highest BCUT2D eigenvalue weighted by Gasteiger charge is 1.73. The van der Waals surface area contributed by atoms with Crippen molar-refractivity contribution in [2.75, 3.05) is 5.33 Å². The molecule has 0 rings (SSSR count). The van der Waals surface area contributed by atoms with Gasteiger partial charge in [0.15, 0.2) is 0 Å². The lowest BCUT2D eigenvalue weighted by molar-refractivity contribution is 1.45. The van der Waals surface area contributed by atoms with Gasteiger partial charge in [-0.25, -0.2) is 0 Å². The summed E-state index contributed by atoms with van der Waals surface area (Å²) in [6.07, 6.45) is 0. The molecule has 0 heterocycles. The lowest BCUT2D eigenvalue weighted by Gasteiger charge is -1.78. The molecule has 0 aliphatic carbocycles. The van der Waals surface area contributed by atoms with Crippen LogP contribution in [-0.2, 0) is 0 Å². The Morgan fingerprint density at radius 2 is 2.50 bits per heavy atom. The summed E-state index contributed by atoms with van der Waals surface area (Å²) in [5.74, 6) is 0. The van der Waals surface area contributed by atoms with Gasteiger partial charge in [-0.1, -0.05) is 22.5 Å².